The fourth-order valence-electron chi connectivity index (χ4n) is 3.52. The minimum Gasteiger partial charge on any atom is -0.326 e. The SMILES string of the molecule is CCn1c(=NC(=O)c2ccc(S(=O)(=O)N(CCC#N)CCC#N)cc2)sc2cc(NC(C)=O)ccc21. The second-order valence-corrected chi connectivity index (χ2v) is 10.6. The van der Waals surface area contributed by atoms with Gasteiger partial charge in [-0.2, -0.15) is 19.8 Å². The van der Waals surface area contributed by atoms with E-state index in [1.54, 1.807) is 6.07 Å². The van der Waals surface area contributed by atoms with Gasteiger partial charge in [0.05, 0.1) is 27.3 Å². The van der Waals surface area contributed by atoms with Gasteiger partial charge in [-0.15, -0.1) is 0 Å². The Bertz CT molecular complexity index is 1520. The Hall–Kier alpha value is -3.84. The van der Waals surface area contributed by atoms with Gasteiger partial charge in [0, 0.05) is 50.7 Å². The van der Waals surface area contributed by atoms with Gasteiger partial charge >= 0.3 is 0 Å². The standard InChI is InChI=1S/C24H24N6O4S2/c1-3-30-21-11-8-19(27-17(2)31)16-22(21)35-24(30)28-23(32)18-6-9-20(10-7-18)36(33,34)29(14-4-12-25)15-5-13-26/h6-11,16H,3-5,14-15H2,1-2H3,(H,27,31). The number of thiazole rings is 1. The first kappa shape index (κ1) is 26.8. The number of anilines is 1. The third-order valence-corrected chi connectivity index (χ3v) is 8.16. The van der Waals surface area contributed by atoms with E-state index in [4.69, 9.17) is 10.5 Å². The molecule has 2 aromatic carbocycles. The van der Waals surface area contributed by atoms with Crippen molar-refractivity contribution in [3.05, 3.63) is 52.8 Å². The highest BCUT2D eigenvalue weighted by atomic mass is 32.2. The van der Waals surface area contributed by atoms with Gasteiger partial charge in [0.15, 0.2) is 4.80 Å². The molecule has 10 nitrogen and oxygen atoms in total. The molecular weight excluding hydrogens is 500 g/mol. The number of nitriles is 2. The summed E-state index contributed by atoms with van der Waals surface area (Å²) in [6.07, 6.45) is -0.00196. The summed E-state index contributed by atoms with van der Waals surface area (Å²) in [5.41, 5.74) is 1.74. The van der Waals surface area contributed by atoms with E-state index < -0.39 is 15.9 Å². The van der Waals surface area contributed by atoms with Crippen molar-refractivity contribution in [2.24, 2.45) is 4.99 Å². The molecule has 0 aliphatic carbocycles. The third kappa shape index (κ3) is 6.04. The smallest absolute Gasteiger partial charge is 0.279 e. The predicted molar refractivity (Wildman–Crippen MR) is 135 cm³/mol. The van der Waals surface area contributed by atoms with Crippen LogP contribution in [0.3, 0.4) is 0 Å². The highest BCUT2D eigenvalue weighted by Crippen LogP contribution is 2.22. The molecular formula is C24H24N6O4S2. The molecule has 1 N–H and O–H groups in total. The van der Waals surface area contributed by atoms with E-state index in [-0.39, 0.29) is 42.3 Å². The predicted octanol–water partition coefficient (Wildman–Crippen LogP) is 3.24. The molecule has 0 aliphatic heterocycles. The van der Waals surface area contributed by atoms with Crippen LogP contribution in [-0.2, 0) is 21.4 Å². The van der Waals surface area contributed by atoms with E-state index in [1.807, 2.05) is 35.8 Å². The second-order valence-electron chi connectivity index (χ2n) is 7.65. The zero-order valence-corrected chi connectivity index (χ0v) is 21.4. The summed E-state index contributed by atoms with van der Waals surface area (Å²) in [7, 11) is -3.93. The summed E-state index contributed by atoms with van der Waals surface area (Å²) in [5, 5.41) is 20.4. The molecule has 0 bridgehead atoms. The van der Waals surface area contributed by atoms with E-state index in [9.17, 15) is 18.0 Å². The van der Waals surface area contributed by atoms with Crippen LogP contribution in [0.2, 0.25) is 0 Å². The van der Waals surface area contributed by atoms with E-state index in [1.165, 1.54) is 42.5 Å². The molecule has 1 heterocycles. The fourth-order valence-corrected chi connectivity index (χ4v) is 6.09. The van der Waals surface area contributed by atoms with Gasteiger partial charge in [0.25, 0.3) is 5.91 Å². The van der Waals surface area contributed by atoms with Crippen LogP contribution in [0.15, 0.2) is 52.4 Å². The van der Waals surface area contributed by atoms with Crippen LogP contribution in [0.1, 0.15) is 37.0 Å². The van der Waals surface area contributed by atoms with Crippen molar-refractivity contribution in [1.82, 2.24) is 8.87 Å². The molecule has 1 aromatic heterocycles. The molecule has 12 heteroatoms. The first-order valence-electron chi connectivity index (χ1n) is 11.1. The molecule has 36 heavy (non-hydrogen) atoms. The van der Waals surface area contributed by atoms with Crippen LogP contribution in [0.25, 0.3) is 10.2 Å². The molecule has 0 fully saturated rings. The van der Waals surface area contributed by atoms with Crippen molar-refractivity contribution in [2.45, 2.75) is 38.1 Å². The Morgan fingerprint density at radius 1 is 1.08 bits per heavy atom. The maximum absolute atomic E-state index is 13.0. The molecule has 0 saturated carbocycles. The molecule has 0 unspecified atom stereocenters. The lowest BCUT2D eigenvalue weighted by molar-refractivity contribution is -0.114. The topological polar surface area (TPSA) is 148 Å². The number of aromatic nitrogens is 1. The molecule has 2 amide bonds. The number of rotatable bonds is 9. The van der Waals surface area contributed by atoms with Gasteiger partial charge in [-0.25, -0.2) is 8.42 Å². The lowest BCUT2D eigenvalue weighted by Gasteiger charge is -2.20. The summed E-state index contributed by atoms with van der Waals surface area (Å²) < 4.78 is 29.8. The Kier molecular flexibility index (Phi) is 8.72. The molecule has 0 aliphatic rings. The molecule has 3 aromatic rings. The summed E-state index contributed by atoms with van der Waals surface area (Å²) in [4.78, 5) is 28.9. The van der Waals surface area contributed by atoms with Gasteiger partial charge < -0.3 is 9.88 Å². The number of sulfonamides is 1. The Morgan fingerprint density at radius 3 is 2.28 bits per heavy atom. The number of carbonyl (C=O) groups excluding carboxylic acids is 2. The number of nitrogens with one attached hydrogen (secondary N) is 1. The molecule has 0 saturated heterocycles. The van der Waals surface area contributed by atoms with Crippen molar-refractivity contribution >= 4 is 49.1 Å². The Balaban J connectivity index is 1.91. The lowest BCUT2D eigenvalue weighted by atomic mass is 10.2. The van der Waals surface area contributed by atoms with Crippen LogP contribution in [-0.4, -0.2) is 42.2 Å². The Morgan fingerprint density at radius 2 is 1.72 bits per heavy atom. The quantitative estimate of drug-likeness (QED) is 0.454. The van der Waals surface area contributed by atoms with E-state index in [0.29, 0.717) is 17.0 Å². The number of benzene rings is 2. The number of hydrogen-bond donors (Lipinski definition) is 1. The van der Waals surface area contributed by atoms with Crippen molar-refractivity contribution in [3.63, 3.8) is 0 Å². The van der Waals surface area contributed by atoms with Gasteiger partial charge in [-0.05, 0) is 49.4 Å². The van der Waals surface area contributed by atoms with Gasteiger partial charge in [0.2, 0.25) is 15.9 Å². The minimum atomic E-state index is -3.93. The van der Waals surface area contributed by atoms with Crippen LogP contribution < -0.4 is 10.1 Å². The monoisotopic (exact) mass is 524 g/mol. The third-order valence-electron chi connectivity index (χ3n) is 5.20. The van der Waals surface area contributed by atoms with Gasteiger partial charge in [-0.1, -0.05) is 11.3 Å². The van der Waals surface area contributed by atoms with Crippen LogP contribution in [0.4, 0.5) is 5.69 Å². The largest absolute Gasteiger partial charge is 0.326 e. The molecule has 0 radical (unpaired) electrons. The van der Waals surface area contributed by atoms with Crippen LogP contribution in [0.5, 0.6) is 0 Å². The first-order valence-corrected chi connectivity index (χ1v) is 13.3. The molecule has 3 rings (SSSR count). The highest BCUT2D eigenvalue weighted by Gasteiger charge is 2.24. The Labute approximate surface area is 212 Å². The van der Waals surface area contributed by atoms with E-state index >= 15 is 0 Å². The number of amides is 2. The first-order chi connectivity index (χ1) is 17.2. The van der Waals surface area contributed by atoms with Gasteiger partial charge in [0.1, 0.15) is 0 Å². The van der Waals surface area contributed by atoms with Crippen molar-refractivity contribution in [2.75, 3.05) is 18.4 Å². The molecule has 0 spiro atoms. The number of fused-ring (bicyclic) bond motifs is 1. The van der Waals surface area contributed by atoms with Crippen LogP contribution in [0, 0.1) is 22.7 Å². The van der Waals surface area contributed by atoms with Crippen LogP contribution >= 0.6 is 11.3 Å². The summed E-state index contributed by atoms with van der Waals surface area (Å²) in [6.45, 7) is 3.88. The number of hydrogen-bond acceptors (Lipinski definition) is 7. The normalized spacial score (nSPS) is 11.9. The maximum atomic E-state index is 13.0. The number of aryl methyl sites for hydroxylation is 1. The van der Waals surface area contributed by atoms with E-state index in [2.05, 4.69) is 10.3 Å². The second kappa shape index (κ2) is 11.7. The molecule has 186 valence electrons. The molecule has 0 atom stereocenters. The lowest BCUT2D eigenvalue weighted by Crippen LogP contribution is -2.32. The van der Waals surface area contributed by atoms with Crippen molar-refractivity contribution in [1.29, 1.82) is 10.5 Å². The zero-order valence-electron chi connectivity index (χ0n) is 19.8. The number of carbonyl (C=O) groups is 2. The average Bonchev–Trinajstić information content (AvgIpc) is 3.19. The highest BCUT2D eigenvalue weighted by molar-refractivity contribution is 7.89. The minimum absolute atomic E-state index is 0.000980. The zero-order chi connectivity index (χ0) is 26.3. The van der Waals surface area contributed by atoms with Gasteiger partial charge in [-0.3, -0.25) is 9.59 Å². The van der Waals surface area contributed by atoms with Crippen molar-refractivity contribution in [3.8, 4) is 12.1 Å². The summed E-state index contributed by atoms with van der Waals surface area (Å²) >= 11 is 1.31. The number of nitrogens with zero attached hydrogens (tertiary/aromatic N) is 5. The fraction of sp³-hybridized carbons (Fsp3) is 0.292. The maximum Gasteiger partial charge on any atom is 0.279 e. The summed E-state index contributed by atoms with van der Waals surface area (Å²) in [6, 6.07) is 14.7. The summed E-state index contributed by atoms with van der Waals surface area (Å²) in [5.74, 6) is -0.710. The van der Waals surface area contributed by atoms with E-state index in [0.717, 1.165) is 14.5 Å². The van der Waals surface area contributed by atoms with Crippen molar-refractivity contribution < 1.29 is 18.0 Å². The average molecular weight is 525 g/mol.